The molecular weight excluding hydrogens is 334 g/mol. The second-order valence-corrected chi connectivity index (χ2v) is 8.97. The summed E-state index contributed by atoms with van der Waals surface area (Å²) >= 11 is 0. The Balaban J connectivity index is 2.12. The van der Waals surface area contributed by atoms with Crippen LogP contribution in [0.2, 0.25) is 0 Å². The van der Waals surface area contributed by atoms with E-state index in [9.17, 15) is 8.42 Å². The van der Waals surface area contributed by atoms with Crippen LogP contribution in [0.5, 0.6) is 0 Å². The number of unbranched alkanes of at least 4 members (excludes halogenated alkanes) is 1. The molecule has 2 N–H and O–H groups in total. The zero-order chi connectivity index (χ0) is 18.5. The first-order chi connectivity index (χ1) is 11.7. The fourth-order valence-corrected chi connectivity index (χ4v) is 3.68. The van der Waals surface area contributed by atoms with E-state index in [1.807, 2.05) is 31.2 Å². The number of rotatable bonds is 7. The fraction of sp³-hybridized carbons (Fsp3) is 0.421. The lowest BCUT2D eigenvalue weighted by molar-refractivity contribution is 0.592. The van der Waals surface area contributed by atoms with Crippen LogP contribution in [-0.2, 0) is 15.4 Å². The van der Waals surface area contributed by atoms with Gasteiger partial charge in [-0.15, -0.1) is 0 Å². The average molecular weight is 362 g/mol. The summed E-state index contributed by atoms with van der Waals surface area (Å²) in [5.74, 6) is 0.454. The quantitative estimate of drug-likeness (QED) is 0.752. The molecule has 1 aromatic carbocycles. The van der Waals surface area contributed by atoms with Crippen LogP contribution in [0.3, 0.4) is 0 Å². The summed E-state index contributed by atoms with van der Waals surface area (Å²) in [5.41, 5.74) is 3.06. The molecule has 2 rings (SSSR count). The number of pyridine rings is 1. The van der Waals surface area contributed by atoms with E-state index in [1.54, 1.807) is 12.3 Å². The maximum absolute atomic E-state index is 11.9. The van der Waals surface area contributed by atoms with Gasteiger partial charge >= 0.3 is 0 Å². The van der Waals surface area contributed by atoms with Crippen molar-refractivity contribution in [1.82, 2.24) is 4.98 Å². The Morgan fingerprint density at radius 3 is 2.40 bits per heavy atom. The lowest BCUT2D eigenvalue weighted by atomic mass is 9.86. The van der Waals surface area contributed by atoms with Crippen LogP contribution in [0, 0.1) is 0 Å². The van der Waals surface area contributed by atoms with E-state index >= 15 is 0 Å². The van der Waals surface area contributed by atoms with Crippen molar-refractivity contribution in [3.05, 3.63) is 48.2 Å². The average Bonchev–Trinajstić information content (AvgIpc) is 2.54. The highest BCUT2D eigenvalue weighted by molar-refractivity contribution is 7.92. The van der Waals surface area contributed by atoms with Crippen LogP contribution in [0.15, 0.2) is 42.6 Å². The highest BCUT2D eigenvalue weighted by Crippen LogP contribution is 2.31. The zero-order valence-electron chi connectivity index (χ0n) is 15.3. The van der Waals surface area contributed by atoms with Crippen molar-refractivity contribution >= 4 is 27.2 Å². The van der Waals surface area contributed by atoms with E-state index < -0.39 is 10.0 Å². The molecule has 0 atom stereocenters. The molecule has 0 unspecified atom stereocenters. The highest BCUT2D eigenvalue weighted by atomic mass is 32.2. The summed E-state index contributed by atoms with van der Waals surface area (Å²) < 4.78 is 26.4. The van der Waals surface area contributed by atoms with Crippen LogP contribution < -0.4 is 10.0 Å². The lowest BCUT2D eigenvalue weighted by Crippen LogP contribution is -2.17. The number of nitrogens with zero attached hydrogens (tertiary/aromatic N) is 1. The van der Waals surface area contributed by atoms with Gasteiger partial charge in [0.2, 0.25) is 10.0 Å². The van der Waals surface area contributed by atoms with Gasteiger partial charge in [0.05, 0.1) is 17.6 Å². The van der Waals surface area contributed by atoms with E-state index in [-0.39, 0.29) is 11.2 Å². The van der Waals surface area contributed by atoms with Crippen molar-refractivity contribution in [2.75, 3.05) is 15.8 Å². The van der Waals surface area contributed by atoms with Crippen LogP contribution in [-0.4, -0.2) is 19.2 Å². The molecule has 0 bridgehead atoms. The highest BCUT2D eigenvalue weighted by Gasteiger charge is 2.17. The minimum atomic E-state index is -3.33. The molecule has 6 heteroatoms. The molecule has 0 aliphatic rings. The van der Waals surface area contributed by atoms with Crippen LogP contribution in [0.4, 0.5) is 17.2 Å². The molecule has 0 spiro atoms. The molecule has 0 aliphatic carbocycles. The third-order valence-corrected chi connectivity index (χ3v) is 5.15. The second-order valence-electron chi connectivity index (χ2n) is 7.13. The molecule has 5 nitrogen and oxygen atoms in total. The maximum atomic E-state index is 11.9. The molecule has 1 heterocycles. The van der Waals surface area contributed by atoms with E-state index in [1.165, 1.54) is 5.56 Å². The van der Waals surface area contributed by atoms with Gasteiger partial charge in [-0.05, 0) is 35.6 Å². The van der Waals surface area contributed by atoms with Gasteiger partial charge in [0.25, 0.3) is 0 Å². The molecule has 1 aromatic heterocycles. The number of nitrogens with one attached hydrogen (secondary N) is 2. The number of hydrogen-bond acceptors (Lipinski definition) is 4. The Hall–Kier alpha value is -2.08. The van der Waals surface area contributed by atoms with Gasteiger partial charge in [-0.2, -0.15) is 0 Å². The van der Waals surface area contributed by atoms with E-state index in [0.29, 0.717) is 12.2 Å². The molecular formula is C19H27N3O2S. The fourth-order valence-electron chi connectivity index (χ4n) is 2.47. The SMILES string of the molecule is CCCCS(=O)(=O)Nc1ccc(Nc2ccccc2C(C)(C)C)cn1. The number of aromatic nitrogens is 1. The summed E-state index contributed by atoms with van der Waals surface area (Å²) in [7, 11) is -3.33. The van der Waals surface area contributed by atoms with Crippen LogP contribution in [0.25, 0.3) is 0 Å². The minimum Gasteiger partial charge on any atom is -0.354 e. The Kier molecular flexibility index (Phi) is 6.06. The Morgan fingerprint density at radius 1 is 1.08 bits per heavy atom. The molecule has 136 valence electrons. The molecule has 25 heavy (non-hydrogen) atoms. The Labute approximate surface area is 150 Å². The topological polar surface area (TPSA) is 71.1 Å². The van der Waals surface area contributed by atoms with E-state index in [4.69, 9.17) is 0 Å². The molecule has 0 fully saturated rings. The number of hydrogen-bond donors (Lipinski definition) is 2. The Morgan fingerprint density at radius 2 is 1.80 bits per heavy atom. The van der Waals surface area contributed by atoms with E-state index in [0.717, 1.165) is 17.8 Å². The van der Waals surface area contributed by atoms with Gasteiger partial charge in [-0.1, -0.05) is 52.3 Å². The number of benzene rings is 1. The number of sulfonamides is 1. The van der Waals surface area contributed by atoms with Gasteiger partial charge in [0.1, 0.15) is 5.82 Å². The summed E-state index contributed by atoms with van der Waals surface area (Å²) in [4.78, 5) is 4.21. The van der Waals surface area contributed by atoms with Gasteiger partial charge in [0, 0.05) is 5.69 Å². The first-order valence-corrected chi connectivity index (χ1v) is 10.2. The molecule has 0 saturated heterocycles. The molecule has 0 amide bonds. The molecule has 0 radical (unpaired) electrons. The first-order valence-electron chi connectivity index (χ1n) is 8.54. The third kappa shape index (κ3) is 5.74. The van der Waals surface area contributed by atoms with Crippen molar-refractivity contribution in [3.8, 4) is 0 Å². The monoisotopic (exact) mass is 361 g/mol. The number of para-hydroxylation sites is 1. The third-order valence-electron chi connectivity index (χ3n) is 3.80. The van der Waals surface area contributed by atoms with Gasteiger partial charge in [-0.25, -0.2) is 13.4 Å². The Bertz CT molecular complexity index is 794. The molecule has 0 aliphatic heterocycles. The van der Waals surface area contributed by atoms with Gasteiger partial charge in [0.15, 0.2) is 0 Å². The van der Waals surface area contributed by atoms with E-state index in [2.05, 4.69) is 41.9 Å². The maximum Gasteiger partial charge on any atom is 0.233 e. The van der Waals surface area contributed by atoms with Gasteiger partial charge < -0.3 is 5.32 Å². The standard InChI is InChI=1S/C19H27N3O2S/c1-5-6-13-25(23,24)22-18-12-11-15(14-20-18)21-17-10-8-7-9-16(17)19(2,3)4/h7-12,14,21H,5-6,13H2,1-4H3,(H,20,22). The van der Waals surface area contributed by atoms with Gasteiger partial charge in [-0.3, -0.25) is 4.72 Å². The summed E-state index contributed by atoms with van der Waals surface area (Å²) in [6.07, 6.45) is 3.11. The zero-order valence-corrected chi connectivity index (χ0v) is 16.2. The summed E-state index contributed by atoms with van der Waals surface area (Å²) in [6.45, 7) is 8.46. The second kappa shape index (κ2) is 7.87. The molecule has 2 aromatic rings. The predicted molar refractivity (Wildman–Crippen MR) is 105 cm³/mol. The van der Waals surface area contributed by atoms with Crippen molar-refractivity contribution < 1.29 is 8.42 Å². The minimum absolute atomic E-state index is 0.0197. The molecule has 0 saturated carbocycles. The van der Waals surface area contributed by atoms with Crippen molar-refractivity contribution in [1.29, 1.82) is 0 Å². The smallest absolute Gasteiger partial charge is 0.233 e. The van der Waals surface area contributed by atoms with Crippen molar-refractivity contribution in [2.45, 2.75) is 46.0 Å². The first kappa shape index (κ1) is 19.2. The van der Waals surface area contributed by atoms with Crippen LogP contribution >= 0.6 is 0 Å². The predicted octanol–water partition coefficient (Wildman–Crippen LogP) is 4.66. The van der Waals surface area contributed by atoms with Crippen molar-refractivity contribution in [3.63, 3.8) is 0 Å². The number of anilines is 3. The largest absolute Gasteiger partial charge is 0.354 e. The normalized spacial score (nSPS) is 12.0. The van der Waals surface area contributed by atoms with Crippen molar-refractivity contribution in [2.24, 2.45) is 0 Å². The van der Waals surface area contributed by atoms with Crippen LogP contribution in [0.1, 0.15) is 46.1 Å². The lowest BCUT2D eigenvalue weighted by Gasteiger charge is -2.23. The summed E-state index contributed by atoms with van der Waals surface area (Å²) in [5, 5.41) is 3.36. The summed E-state index contributed by atoms with van der Waals surface area (Å²) in [6, 6.07) is 11.6.